The van der Waals surface area contributed by atoms with Crippen LogP contribution >= 0.6 is 0 Å². The number of hydrogen-bond donors (Lipinski definition) is 1. The van der Waals surface area contributed by atoms with Crippen LogP contribution < -0.4 is 4.74 Å². The molecule has 0 saturated carbocycles. The summed E-state index contributed by atoms with van der Waals surface area (Å²) in [4.78, 5) is 2.67. The molecule has 0 amide bonds. The molecule has 0 aliphatic rings. The highest BCUT2D eigenvalue weighted by atomic mass is 19.4. The van der Waals surface area contributed by atoms with Gasteiger partial charge in [0, 0.05) is 0 Å². The Kier molecular flexibility index (Phi) is 3.78. The molecule has 0 saturated heterocycles. The van der Waals surface area contributed by atoms with Gasteiger partial charge in [-0.2, -0.15) is 18.4 Å². The van der Waals surface area contributed by atoms with Crippen LogP contribution in [0.15, 0.2) is 6.20 Å². The molecule has 19 heavy (non-hydrogen) atoms. The zero-order valence-corrected chi connectivity index (χ0v) is 8.80. The van der Waals surface area contributed by atoms with E-state index in [4.69, 9.17) is 5.26 Å². The van der Waals surface area contributed by atoms with Gasteiger partial charge in [0.15, 0.2) is 11.4 Å². The fourth-order valence-corrected chi connectivity index (χ4v) is 1.20. The summed E-state index contributed by atoms with van der Waals surface area (Å²) >= 11 is 0. The predicted octanol–water partition coefficient (Wildman–Crippen LogP) is 2.77. The van der Waals surface area contributed by atoms with Crippen LogP contribution in [0.5, 0.6) is 11.5 Å². The molecule has 1 N–H and O–H groups in total. The normalized spacial score (nSPS) is 12.1. The summed E-state index contributed by atoms with van der Waals surface area (Å²) in [6.07, 6.45) is -11.2. The third-order valence-corrected chi connectivity index (χ3v) is 1.86. The van der Waals surface area contributed by atoms with Crippen LogP contribution in [0.2, 0.25) is 0 Å². The number of aromatic hydroxyl groups is 1. The lowest BCUT2D eigenvalue weighted by Crippen LogP contribution is -2.22. The van der Waals surface area contributed by atoms with Crippen molar-refractivity contribution in [2.45, 2.75) is 19.0 Å². The van der Waals surface area contributed by atoms with E-state index in [1.807, 2.05) is 0 Å². The van der Waals surface area contributed by atoms with Crippen LogP contribution in [0, 0.1) is 11.3 Å². The van der Waals surface area contributed by atoms with Gasteiger partial charge in [0.2, 0.25) is 0 Å². The molecule has 0 unspecified atom stereocenters. The molecular formula is C9H4F6N2O2. The standard InChI is InChI=1S/C9H4F6N2O2/c10-8(11,12)7-6(19-9(13,14)15)4(1-2-16)5(18)3-17-7/h3,18H,1H2. The highest BCUT2D eigenvalue weighted by Crippen LogP contribution is 2.41. The highest BCUT2D eigenvalue weighted by molar-refractivity contribution is 5.48. The van der Waals surface area contributed by atoms with E-state index in [1.54, 1.807) is 0 Å². The van der Waals surface area contributed by atoms with Crippen molar-refractivity contribution in [1.29, 1.82) is 5.26 Å². The summed E-state index contributed by atoms with van der Waals surface area (Å²) in [7, 11) is 0. The molecule has 0 atom stereocenters. The fourth-order valence-electron chi connectivity index (χ4n) is 1.20. The molecule has 0 bridgehead atoms. The van der Waals surface area contributed by atoms with Crippen molar-refractivity contribution in [3.63, 3.8) is 0 Å². The Morgan fingerprint density at radius 2 is 1.84 bits per heavy atom. The van der Waals surface area contributed by atoms with Gasteiger partial charge in [0.1, 0.15) is 5.75 Å². The largest absolute Gasteiger partial charge is 0.573 e. The molecule has 10 heteroatoms. The molecule has 1 heterocycles. The average molecular weight is 286 g/mol. The maximum absolute atomic E-state index is 12.5. The van der Waals surface area contributed by atoms with E-state index in [9.17, 15) is 31.4 Å². The van der Waals surface area contributed by atoms with Crippen LogP contribution in [-0.2, 0) is 12.6 Å². The lowest BCUT2D eigenvalue weighted by Gasteiger charge is -2.17. The van der Waals surface area contributed by atoms with E-state index < -0.39 is 41.7 Å². The van der Waals surface area contributed by atoms with Crippen molar-refractivity contribution in [1.82, 2.24) is 4.98 Å². The maximum atomic E-state index is 12.5. The smallest absolute Gasteiger partial charge is 0.506 e. The van der Waals surface area contributed by atoms with Crippen molar-refractivity contribution < 1.29 is 36.2 Å². The van der Waals surface area contributed by atoms with E-state index in [0.29, 0.717) is 6.20 Å². The molecular weight excluding hydrogens is 282 g/mol. The summed E-state index contributed by atoms with van der Waals surface area (Å²) in [6, 6.07) is 1.33. The average Bonchev–Trinajstić information content (AvgIpc) is 2.19. The van der Waals surface area contributed by atoms with Crippen LogP contribution in [0.25, 0.3) is 0 Å². The second-order valence-corrected chi connectivity index (χ2v) is 3.18. The number of pyridine rings is 1. The summed E-state index contributed by atoms with van der Waals surface area (Å²) in [5.41, 5.74) is -2.89. The highest BCUT2D eigenvalue weighted by Gasteiger charge is 2.42. The number of nitriles is 1. The monoisotopic (exact) mass is 286 g/mol. The number of halogens is 6. The molecule has 0 fully saturated rings. The van der Waals surface area contributed by atoms with Gasteiger partial charge in [-0.25, -0.2) is 4.98 Å². The SMILES string of the molecule is N#CCc1c(O)cnc(C(F)(F)F)c1OC(F)(F)F. The van der Waals surface area contributed by atoms with Crippen molar-refractivity contribution in [3.05, 3.63) is 17.5 Å². The van der Waals surface area contributed by atoms with Crippen LogP contribution in [0.4, 0.5) is 26.3 Å². The quantitative estimate of drug-likeness (QED) is 0.849. The van der Waals surface area contributed by atoms with Gasteiger partial charge >= 0.3 is 12.5 Å². The Bertz CT molecular complexity index is 517. The van der Waals surface area contributed by atoms with E-state index in [0.717, 1.165) is 0 Å². The minimum atomic E-state index is -5.42. The first-order valence-corrected chi connectivity index (χ1v) is 4.47. The first-order chi connectivity index (χ1) is 8.56. The molecule has 104 valence electrons. The summed E-state index contributed by atoms with van der Waals surface area (Å²) in [6.45, 7) is 0. The topological polar surface area (TPSA) is 66.1 Å². The number of nitrogens with zero attached hydrogens (tertiary/aromatic N) is 2. The molecule has 0 radical (unpaired) electrons. The maximum Gasteiger partial charge on any atom is 0.573 e. The molecule has 0 spiro atoms. The van der Waals surface area contributed by atoms with Crippen LogP contribution in [0.3, 0.4) is 0 Å². The predicted molar refractivity (Wildman–Crippen MR) is 46.9 cm³/mol. The summed E-state index contributed by atoms with van der Waals surface area (Å²) < 4.78 is 77.0. The number of ether oxygens (including phenoxy) is 1. The van der Waals surface area contributed by atoms with E-state index >= 15 is 0 Å². The lowest BCUT2D eigenvalue weighted by molar-refractivity contribution is -0.276. The Hall–Kier alpha value is -2.18. The molecule has 0 aliphatic heterocycles. The van der Waals surface area contributed by atoms with Gasteiger partial charge in [-0.15, -0.1) is 13.2 Å². The minimum Gasteiger partial charge on any atom is -0.506 e. The molecule has 4 nitrogen and oxygen atoms in total. The second kappa shape index (κ2) is 4.83. The van der Waals surface area contributed by atoms with E-state index in [2.05, 4.69) is 9.72 Å². The Morgan fingerprint density at radius 3 is 2.26 bits per heavy atom. The first-order valence-electron chi connectivity index (χ1n) is 4.47. The zero-order chi connectivity index (χ0) is 14.8. The fraction of sp³-hybridized carbons (Fsp3) is 0.333. The van der Waals surface area contributed by atoms with E-state index in [1.165, 1.54) is 6.07 Å². The third-order valence-electron chi connectivity index (χ3n) is 1.86. The summed E-state index contributed by atoms with van der Waals surface area (Å²) in [5.74, 6) is -2.71. The Morgan fingerprint density at radius 1 is 1.26 bits per heavy atom. The van der Waals surface area contributed by atoms with Crippen molar-refractivity contribution in [2.75, 3.05) is 0 Å². The first kappa shape index (κ1) is 14.9. The minimum absolute atomic E-state index is 0.304. The Labute approximate surface area is 101 Å². The van der Waals surface area contributed by atoms with Gasteiger partial charge in [-0.1, -0.05) is 0 Å². The number of alkyl halides is 6. The number of hydrogen-bond acceptors (Lipinski definition) is 4. The second-order valence-electron chi connectivity index (χ2n) is 3.18. The van der Waals surface area contributed by atoms with Gasteiger partial charge in [-0.3, -0.25) is 0 Å². The van der Waals surface area contributed by atoms with Gasteiger partial charge in [0.25, 0.3) is 0 Å². The molecule has 1 aromatic heterocycles. The molecule has 1 aromatic rings. The third kappa shape index (κ3) is 3.64. The van der Waals surface area contributed by atoms with E-state index in [-0.39, 0.29) is 0 Å². The van der Waals surface area contributed by atoms with Crippen molar-refractivity contribution in [2.24, 2.45) is 0 Å². The summed E-state index contributed by atoms with van der Waals surface area (Å²) in [5, 5.41) is 17.5. The number of aromatic nitrogens is 1. The number of rotatable bonds is 2. The molecule has 0 aromatic carbocycles. The lowest BCUT2D eigenvalue weighted by atomic mass is 10.1. The van der Waals surface area contributed by atoms with Crippen LogP contribution in [-0.4, -0.2) is 16.5 Å². The Balaban J connectivity index is 3.50. The van der Waals surface area contributed by atoms with Crippen molar-refractivity contribution >= 4 is 0 Å². The molecule has 1 rings (SSSR count). The van der Waals surface area contributed by atoms with Gasteiger partial charge in [-0.05, 0) is 0 Å². The van der Waals surface area contributed by atoms with Crippen LogP contribution in [0.1, 0.15) is 11.3 Å². The van der Waals surface area contributed by atoms with Gasteiger partial charge in [0.05, 0.1) is 24.3 Å². The van der Waals surface area contributed by atoms with Gasteiger partial charge < -0.3 is 9.84 Å². The van der Waals surface area contributed by atoms with Crippen molar-refractivity contribution in [3.8, 4) is 17.6 Å². The zero-order valence-electron chi connectivity index (χ0n) is 8.80. The molecule has 0 aliphatic carbocycles.